The number of nitrogen functional groups attached to an aromatic ring is 1. The van der Waals surface area contributed by atoms with Gasteiger partial charge in [-0.1, -0.05) is 29.8 Å². The molecule has 0 spiro atoms. The van der Waals surface area contributed by atoms with Crippen LogP contribution in [0.5, 0.6) is 0 Å². The lowest BCUT2D eigenvalue weighted by molar-refractivity contribution is 0.0135. The summed E-state index contributed by atoms with van der Waals surface area (Å²) in [6, 6.07) is 13.5. The number of benzene rings is 2. The Morgan fingerprint density at radius 1 is 1.06 bits per heavy atom. The summed E-state index contributed by atoms with van der Waals surface area (Å²) in [5.41, 5.74) is 7.99. The Labute approximate surface area is 213 Å². The van der Waals surface area contributed by atoms with Crippen LogP contribution in [0.15, 0.2) is 47.4 Å². The maximum absolute atomic E-state index is 13.0. The van der Waals surface area contributed by atoms with Gasteiger partial charge in [0.25, 0.3) is 5.91 Å². The lowest BCUT2D eigenvalue weighted by Gasteiger charge is -2.47. The largest absolute Gasteiger partial charge is 0.398 e. The number of carbonyl (C=O) groups excluding carboxylic acids is 1. The molecule has 2 saturated heterocycles. The summed E-state index contributed by atoms with van der Waals surface area (Å²) in [6.45, 7) is 8.75. The fourth-order valence-corrected chi connectivity index (χ4v) is 6.34. The van der Waals surface area contributed by atoms with Gasteiger partial charge in [0.2, 0.25) is 0 Å². The van der Waals surface area contributed by atoms with E-state index in [0.29, 0.717) is 46.3 Å². The monoisotopic (exact) mass is 518 g/mol. The minimum atomic E-state index is -3.19. The standard InChI is InChI=1S/C26H35ClN4O3S/c1-18-17-30(15-16-31(18)19(2)20-7-9-22(10-8-20)35(3,33)34)21-11-13-29(14-12-21)26(32)25-23(27)5-4-6-24(25)28/h4-10,18-19,21H,11-17,28H2,1-3H3/t18-,19-/m0/s1. The number of anilines is 1. The lowest BCUT2D eigenvalue weighted by atomic mass is 9.98. The van der Waals surface area contributed by atoms with E-state index in [1.165, 1.54) is 6.26 Å². The second-order valence-electron chi connectivity index (χ2n) is 9.83. The van der Waals surface area contributed by atoms with Gasteiger partial charge in [-0.15, -0.1) is 0 Å². The lowest BCUT2D eigenvalue weighted by Crippen LogP contribution is -2.57. The molecule has 2 N–H and O–H groups in total. The number of piperidine rings is 1. The average Bonchev–Trinajstić information content (AvgIpc) is 2.83. The summed E-state index contributed by atoms with van der Waals surface area (Å²) in [5.74, 6) is -0.0829. The van der Waals surface area contributed by atoms with Crippen LogP contribution in [0.3, 0.4) is 0 Å². The van der Waals surface area contributed by atoms with Crippen LogP contribution in [-0.4, -0.2) is 80.1 Å². The molecule has 2 heterocycles. The van der Waals surface area contributed by atoms with E-state index in [2.05, 4.69) is 23.6 Å². The van der Waals surface area contributed by atoms with E-state index < -0.39 is 9.84 Å². The quantitative estimate of drug-likeness (QED) is 0.607. The first-order valence-electron chi connectivity index (χ1n) is 12.2. The number of nitrogens with two attached hydrogens (primary N) is 1. The van der Waals surface area contributed by atoms with Crippen LogP contribution in [0.2, 0.25) is 5.02 Å². The Kier molecular flexibility index (Phi) is 7.76. The number of sulfone groups is 1. The van der Waals surface area contributed by atoms with Crippen molar-refractivity contribution in [2.45, 2.75) is 49.7 Å². The van der Waals surface area contributed by atoms with Crippen LogP contribution < -0.4 is 5.73 Å². The predicted molar refractivity (Wildman–Crippen MR) is 140 cm³/mol. The summed E-state index contributed by atoms with van der Waals surface area (Å²) in [4.78, 5) is 20.3. The van der Waals surface area contributed by atoms with E-state index in [9.17, 15) is 13.2 Å². The van der Waals surface area contributed by atoms with Crippen LogP contribution >= 0.6 is 11.6 Å². The van der Waals surface area contributed by atoms with E-state index in [0.717, 1.165) is 38.0 Å². The molecule has 0 aliphatic carbocycles. The van der Waals surface area contributed by atoms with Gasteiger partial charge >= 0.3 is 0 Å². The zero-order valence-corrected chi connectivity index (χ0v) is 22.2. The van der Waals surface area contributed by atoms with Gasteiger partial charge in [-0.3, -0.25) is 14.6 Å². The van der Waals surface area contributed by atoms with Crippen molar-refractivity contribution in [3.8, 4) is 0 Å². The summed E-state index contributed by atoms with van der Waals surface area (Å²) in [6.07, 6.45) is 3.11. The number of likely N-dealkylation sites (tertiary alicyclic amines) is 1. The maximum atomic E-state index is 13.0. The molecule has 0 saturated carbocycles. The van der Waals surface area contributed by atoms with Crippen molar-refractivity contribution in [2.24, 2.45) is 0 Å². The van der Waals surface area contributed by atoms with Crippen molar-refractivity contribution < 1.29 is 13.2 Å². The first kappa shape index (κ1) is 25.9. The summed E-state index contributed by atoms with van der Waals surface area (Å²) in [7, 11) is -3.19. The van der Waals surface area contributed by atoms with E-state index in [4.69, 9.17) is 17.3 Å². The number of halogens is 1. The fraction of sp³-hybridized carbons (Fsp3) is 0.500. The predicted octanol–water partition coefficient (Wildman–Crippen LogP) is 3.70. The Morgan fingerprint density at radius 2 is 1.71 bits per heavy atom. The number of nitrogens with zero attached hydrogens (tertiary/aromatic N) is 3. The molecule has 190 valence electrons. The molecule has 0 bridgehead atoms. The van der Waals surface area contributed by atoms with Gasteiger partial charge in [0, 0.05) is 62.8 Å². The van der Waals surface area contributed by atoms with Gasteiger partial charge in [-0.05, 0) is 56.5 Å². The molecule has 2 fully saturated rings. The van der Waals surface area contributed by atoms with Gasteiger partial charge in [0.1, 0.15) is 0 Å². The minimum absolute atomic E-state index is 0.0829. The van der Waals surface area contributed by atoms with Gasteiger partial charge in [0.15, 0.2) is 9.84 Å². The number of hydrogen-bond acceptors (Lipinski definition) is 6. The minimum Gasteiger partial charge on any atom is -0.398 e. The fourth-order valence-electron chi connectivity index (χ4n) is 5.45. The van der Waals surface area contributed by atoms with Crippen LogP contribution in [0.1, 0.15) is 48.7 Å². The normalized spacial score (nSPS) is 21.7. The topological polar surface area (TPSA) is 86.9 Å². The Hall–Kier alpha value is -2.13. The molecule has 7 nitrogen and oxygen atoms in total. The smallest absolute Gasteiger partial charge is 0.257 e. The highest BCUT2D eigenvalue weighted by Crippen LogP contribution is 2.29. The average molecular weight is 519 g/mol. The molecule has 2 aromatic rings. The summed E-state index contributed by atoms with van der Waals surface area (Å²) in [5, 5.41) is 0.405. The summed E-state index contributed by atoms with van der Waals surface area (Å²) >= 11 is 6.25. The molecule has 0 unspecified atom stereocenters. The third-order valence-electron chi connectivity index (χ3n) is 7.53. The van der Waals surface area contributed by atoms with E-state index >= 15 is 0 Å². The van der Waals surface area contributed by atoms with Gasteiger partial charge in [-0.2, -0.15) is 0 Å². The number of piperazine rings is 1. The molecule has 0 aromatic heterocycles. The van der Waals surface area contributed by atoms with Gasteiger partial charge in [-0.25, -0.2) is 8.42 Å². The molecule has 2 atom stereocenters. The molecule has 4 rings (SSSR count). The molecule has 2 aromatic carbocycles. The van der Waals surface area contributed by atoms with E-state index in [-0.39, 0.29) is 11.9 Å². The third kappa shape index (κ3) is 5.66. The highest BCUT2D eigenvalue weighted by Gasteiger charge is 2.34. The van der Waals surface area contributed by atoms with Crippen molar-refractivity contribution in [3.05, 3.63) is 58.6 Å². The molecular weight excluding hydrogens is 484 g/mol. The van der Waals surface area contributed by atoms with Gasteiger partial charge < -0.3 is 10.6 Å². The van der Waals surface area contributed by atoms with Crippen molar-refractivity contribution in [1.82, 2.24) is 14.7 Å². The number of rotatable bonds is 5. The first-order chi connectivity index (χ1) is 16.6. The highest BCUT2D eigenvalue weighted by molar-refractivity contribution is 7.90. The maximum Gasteiger partial charge on any atom is 0.257 e. The summed E-state index contributed by atoms with van der Waals surface area (Å²) < 4.78 is 23.5. The van der Waals surface area contributed by atoms with E-state index in [1.807, 2.05) is 17.0 Å². The molecule has 2 aliphatic heterocycles. The first-order valence-corrected chi connectivity index (χ1v) is 14.5. The van der Waals surface area contributed by atoms with Crippen molar-refractivity contribution in [1.29, 1.82) is 0 Å². The van der Waals surface area contributed by atoms with Crippen molar-refractivity contribution >= 4 is 33.0 Å². The zero-order valence-electron chi connectivity index (χ0n) is 20.7. The van der Waals surface area contributed by atoms with Crippen LogP contribution in [0.4, 0.5) is 5.69 Å². The third-order valence-corrected chi connectivity index (χ3v) is 8.97. The van der Waals surface area contributed by atoms with Crippen LogP contribution in [-0.2, 0) is 9.84 Å². The number of hydrogen-bond donors (Lipinski definition) is 1. The Balaban J connectivity index is 1.33. The molecule has 2 aliphatic rings. The second kappa shape index (κ2) is 10.5. The Bertz CT molecular complexity index is 1140. The SMILES string of the molecule is C[C@H]1CN(C2CCN(C(=O)c3c(N)cccc3Cl)CC2)CCN1[C@@H](C)c1ccc(S(C)(=O)=O)cc1. The molecule has 9 heteroatoms. The number of amides is 1. The van der Waals surface area contributed by atoms with Crippen molar-refractivity contribution in [3.63, 3.8) is 0 Å². The van der Waals surface area contributed by atoms with Crippen molar-refractivity contribution in [2.75, 3.05) is 44.7 Å². The van der Waals surface area contributed by atoms with Crippen LogP contribution in [0, 0.1) is 0 Å². The molecule has 1 amide bonds. The zero-order chi connectivity index (χ0) is 25.3. The molecule has 0 radical (unpaired) electrons. The van der Waals surface area contributed by atoms with E-state index in [1.54, 1.807) is 30.3 Å². The van der Waals surface area contributed by atoms with Gasteiger partial charge in [0.05, 0.1) is 15.5 Å². The highest BCUT2D eigenvalue weighted by atomic mass is 35.5. The molecule has 35 heavy (non-hydrogen) atoms. The molecular formula is C26H35ClN4O3S. The second-order valence-corrected chi connectivity index (χ2v) is 12.2. The Morgan fingerprint density at radius 3 is 2.29 bits per heavy atom. The number of carbonyl (C=O) groups is 1. The van der Waals surface area contributed by atoms with Crippen LogP contribution in [0.25, 0.3) is 0 Å².